The van der Waals surface area contributed by atoms with Gasteiger partial charge in [-0.05, 0) is 45.9 Å². The minimum absolute atomic E-state index is 0.0226. The maximum Gasteiger partial charge on any atom is 0.271 e. The molecule has 3 aromatic rings. The van der Waals surface area contributed by atoms with E-state index in [4.69, 9.17) is 4.42 Å². The predicted octanol–water partition coefficient (Wildman–Crippen LogP) is 3.17. The summed E-state index contributed by atoms with van der Waals surface area (Å²) in [5.41, 5.74) is 1.81. The van der Waals surface area contributed by atoms with Gasteiger partial charge in [0.25, 0.3) is 5.56 Å². The van der Waals surface area contributed by atoms with E-state index < -0.39 is 0 Å². The van der Waals surface area contributed by atoms with Gasteiger partial charge >= 0.3 is 0 Å². The minimum atomic E-state index is -0.0226. The fraction of sp³-hybridized carbons (Fsp3) is 0.167. The summed E-state index contributed by atoms with van der Waals surface area (Å²) in [6.07, 6.45) is 1.57. The summed E-state index contributed by atoms with van der Waals surface area (Å²) in [6, 6.07) is 3.64. The lowest BCUT2D eigenvalue weighted by Crippen LogP contribution is -2.20. The summed E-state index contributed by atoms with van der Waals surface area (Å²) in [4.78, 5) is 16.6. The second-order valence-electron chi connectivity index (χ2n) is 3.98. The Morgan fingerprint density at radius 2 is 2.33 bits per heavy atom. The largest absolute Gasteiger partial charge is 0.452 e. The van der Waals surface area contributed by atoms with E-state index in [9.17, 15) is 4.79 Å². The molecular weight excluding hydrogens is 316 g/mol. The maximum atomic E-state index is 12.2. The highest BCUT2D eigenvalue weighted by Gasteiger charge is 2.09. The highest BCUT2D eigenvalue weighted by molar-refractivity contribution is 9.10. The second kappa shape index (κ2) is 4.37. The number of fused-ring (bicyclic) bond motifs is 1. The van der Waals surface area contributed by atoms with Gasteiger partial charge in [0.05, 0.1) is 18.4 Å². The van der Waals surface area contributed by atoms with Crippen molar-refractivity contribution in [1.82, 2.24) is 9.55 Å². The molecule has 4 nitrogen and oxygen atoms in total. The Balaban J connectivity index is 2.07. The molecule has 0 spiro atoms. The Kier molecular flexibility index (Phi) is 2.83. The summed E-state index contributed by atoms with van der Waals surface area (Å²) in [7, 11) is 0. The molecule has 0 atom stereocenters. The first-order valence-corrected chi connectivity index (χ1v) is 7.00. The SMILES string of the molecule is Cc1csc2c(=O)n(Cc3ccc(Br)o3)cnc12. The Morgan fingerprint density at radius 1 is 1.50 bits per heavy atom. The van der Waals surface area contributed by atoms with Gasteiger partial charge in [0.2, 0.25) is 0 Å². The number of hydrogen-bond donors (Lipinski definition) is 0. The van der Waals surface area contributed by atoms with Crippen LogP contribution in [0.3, 0.4) is 0 Å². The maximum absolute atomic E-state index is 12.2. The third-order valence-corrected chi connectivity index (χ3v) is 4.18. The van der Waals surface area contributed by atoms with Crippen molar-refractivity contribution in [3.8, 4) is 0 Å². The summed E-state index contributed by atoms with van der Waals surface area (Å²) < 4.78 is 8.31. The van der Waals surface area contributed by atoms with E-state index in [2.05, 4.69) is 20.9 Å². The van der Waals surface area contributed by atoms with Crippen molar-refractivity contribution < 1.29 is 4.42 Å². The van der Waals surface area contributed by atoms with Crippen molar-refractivity contribution in [3.63, 3.8) is 0 Å². The minimum Gasteiger partial charge on any atom is -0.452 e. The van der Waals surface area contributed by atoms with Gasteiger partial charge in [-0.25, -0.2) is 4.98 Å². The van der Waals surface area contributed by atoms with E-state index in [0.717, 1.165) is 16.8 Å². The standard InChI is InChI=1S/C12H9BrN2O2S/c1-7-5-18-11-10(7)14-6-15(12(11)16)4-8-2-3-9(13)17-8/h2-3,5-6H,4H2,1H3. The summed E-state index contributed by atoms with van der Waals surface area (Å²) in [5, 5.41) is 1.95. The molecular formula is C12H9BrN2O2S. The molecule has 6 heteroatoms. The topological polar surface area (TPSA) is 48.0 Å². The van der Waals surface area contributed by atoms with E-state index in [1.165, 1.54) is 11.3 Å². The normalized spacial score (nSPS) is 11.2. The Hall–Kier alpha value is -1.40. The Labute approximate surface area is 115 Å². The zero-order valence-corrected chi connectivity index (χ0v) is 11.9. The first-order valence-electron chi connectivity index (χ1n) is 5.32. The highest BCUT2D eigenvalue weighted by Crippen LogP contribution is 2.20. The Bertz CT molecular complexity index is 772. The average Bonchev–Trinajstić information content (AvgIpc) is 2.91. The molecule has 3 rings (SSSR count). The zero-order valence-electron chi connectivity index (χ0n) is 9.51. The van der Waals surface area contributed by atoms with Crippen LogP contribution in [0.5, 0.6) is 0 Å². The van der Waals surface area contributed by atoms with Crippen LogP contribution in [0.4, 0.5) is 0 Å². The van der Waals surface area contributed by atoms with Gasteiger partial charge in [-0.2, -0.15) is 0 Å². The van der Waals surface area contributed by atoms with Gasteiger partial charge in [-0.1, -0.05) is 0 Å². The van der Waals surface area contributed by atoms with Crippen LogP contribution in [-0.4, -0.2) is 9.55 Å². The lowest BCUT2D eigenvalue weighted by Gasteiger charge is -2.02. The third-order valence-electron chi connectivity index (χ3n) is 2.68. The fourth-order valence-electron chi connectivity index (χ4n) is 1.78. The van der Waals surface area contributed by atoms with Crippen LogP contribution >= 0.6 is 27.3 Å². The van der Waals surface area contributed by atoms with Crippen LogP contribution in [0, 0.1) is 6.92 Å². The molecule has 0 saturated carbocycles. The lowest BCUT2D eigenvalue weighted by molar-refractivity contribution is 0.470. The molecule has 0 unspecified atom stereocenters. The monoisotopic (exact) mass is 324 g/mol. The summed E-state index contributed by atoms with van der Waals surface area (Å²) >= 11 is 4.67. The van der Waals surface area contributed by atoms with Gasteiger partial charge in [-0.15, -0.1) is 11.3 Å². The van der Waals surface area contributed by atoms with Crippen LogP contribution in [0.25, 0.3) is 10.2 Å². The second-order valence-corrected chi connectivity index (χ2v) is 5.64. The molecule has 0 bridgehead atoms. The Morgan fingerprint density at radius 3 is 3.06 bits per heavy atom. The molecule has 0 radical (unpaired) electrons. The number of furan rings is 1. The van der Waals surface area contributed by atoms with Gasteiger partial charge in [0.15, 0.2) is 4.67 Å². The van der Waals surface area contributed by atoms with Crippen molar-refractivity contribution in [3.05, 3.63) is 50.2 Å². The van der Waals surface area contributed by atoms with Gasteiger partial charge in [0, 0.05) is 0 Å². The van der Waals surface area contributed by atoms with Crippen LogP contribution in [-0.2, 0) is 6.54 Å². The molecule has 3 aromatic heterocycles. The molecule has 0 aliphatic heterocycles. The number of aromatic nitrogens is 2. The number of halogens is 1. The van der Waals surface area contributed by atoms with Crippen molar-refractivity contribution in [2.45, 2.75) is 13.5 Å². The third kappa shape index (κ3) is 1.91. The molecule has 0 aliphatic rings. The lowest BCUT2D eigenvalue weighted by atomic mass is 10.3. The van der Waals surface area contributed by atoms with Crippen molar-refractivity contribution in [2.24, 2.45) is 0 Å². The van der Waals surface area contributed by atoms with Gasteiger partial charge < -0.3 is 4.42 Å². The molecule has 0 aliphatic carbocycles. The van der Waals surface area contributed by atoms with Crippen molar-refractivity contribution >= 4 is 37.5 Å². The molecule has 0 fully saturated rings. The smallest absolute Gasteiger partial charge is 0.271 e. The van der Waals surface area contributed by atoms with Crippen molar-refractivity contribution in [2.75, 3.05) is 0 Å². The summed E-state index contributed by atoms with van der Waals surface area (Å²) in [6.45, 7) is 2.35. The first-order chi connectivity index (χ1) is 8.65. The average molecular weight is 325 g/mol. The number of rotatable bonds is 2. The highest BCUT2D eigenvalue weighted by atomic mass is 79.9. The van der Waals surface area contributed by atoms with Crippen LogP contribution < -0.4 is 5.56 Å². The number of nitrogens with zero attached hydrogens (tertiary/aromatic N) is 2. The number of aryl methyl sites for hydroxylation is 1. The van der Waals surface area contributed by atoms with Crippen LogP contribution in [0.1, 0.15) is 11.3 Å². The van der Waals surface area contributed by atoms with E-state index in [1.54, 1.807) is 10.9 Å². The van der Waals surface area contributed by atoms with E-state index >= 15 is 0 Å². The molecule has 0 aromatic carbocycles. The van der Waals surface area contributed by atoms with Crippen LogP contribution in [0.2, 0.25) is 0 Å². The van der Waals surface area contributed by atoms with Gasteiger partial charge in [0.1, 0.15) is 10.5 Å². The van der Waals surface area contributed by atoms with Gasteiger partial charge in [-0.3, -0.25) is 9.36 Å². The molecule has 0 amide bonds. The van der Waals surface area contributed by atoms with E-state index in [0.29, 0.717) is 15.9 Å². The molecule has 0 saturated heterocycles. The fourth-order valence-corrected chi connectivity index (χ4v) is 3.07. The quantitative estimate of drug-likeness (QED) is 0.727. The first kappa shape index (κ1) is 11.7. The molecule has 0 N–H and O–H groups in total. The summed E-state index contributed by atoms with van der Waals surface area (Å²) in [5.74, 6) is 0.721. The molecule has 3 heterocycles. The van der Waals surface area contributed by atoms with E-state index in [1.807, 2.05) is 24.4 Å². The van der Waals surface area contributed by atoms with Crippen molar-refractivity contribution in [1.29, 1.82) is 0 Å². The number of hydrogen-bond acceptors (Lipinski definition) is 4. The van der Waals surface area contributed by atoms with E-state index in [-0.39, 0.29) is 5.56 Å². The predicted molar refractivity (Wildman–Crippen MR) is 74.1 cm³/mol. The number of thiophene rings is 1. The molecule has 92 valence electrons. The zero-order chi connectivity index (χ0) is 12.7. The van der Waals surface area contributed by atoms with Crippen LogP contribution in [0.15, 0.2) is 37.7 Å². The molecule has 18 heavy (non-hydrogen) atoms.